The first-order valence-corrected chi connectivity index (χ1v) is 10.4. The van der Waals surface area contributed by atoms with Crippen LogP contribution in [0.5, 0.6) is 11.5 Å². The molecule has 1 aliphatic rings. The van der Waals surface area contributed by atoms with Gasteiger partial charge in [0.25, 0.3) is 5.56 Å². The molecule has 0 spiro atoms. The van der Waals surface area contributed by atoms with Gasteiger partial charge in [-0.2, -0.15) is 0 Å². The minimum atomic E-state index is -0.344. The molecule has 2 heterocycles. The number of rotatable bonds is 7. The summed E-state index contributed by atoms with van der Waals surface area (Å²) in [4.78, 5) is 39.5. The van der Waals surface area contributed by atoms with E-state index in [-0.39, 0.29) is 23.1 Å². The van der Waals surface area contributed by atoms with Gasteiger partial charge in [-0.25, -0.2) is 4.79 Å². The van der Waals surface area contributed by atoms with Crippen LogP contribution in [0.4, 0.5) is 5.82 Å². The predicted octanol–water partition coefficient (Wildman–Crippen LogP) is 1.12. The molecule has 0 radical (unpaired) electrons. The van der Waals surface area contributed by atoms with Crippen LogP contribution >= 0.6 is 0 Å². The summed E-state index contributed by atoms with van der Waals surface area (Å²) in [5.74, 6) is 1.61. The average molecular weight is 431 g/mol. The quantitative estimate of drug-likeness (QED) is 0.707. The molecule has 0 aliphatic carbocycles. The number of benzene rings is 1. The van der Waals surface area contributed by atoms with E-state index < -0.39 is 0 Å². The molecule has 0 bridgehead atoms. The molecule has 1 saturated heterocycles. The Morgan fingerprint density at radius 1 is 1.13 bits per heavy atom. The second-order valence-corrected chi connectivity index (χ2v) is 7.65. The maximum atomic E-state index is 12.9. The number of aromatic nitrogens is 2. The Labute approximate surface area is 181 Å². The third-order valence-corrected chi connectivity index (χ3v) is 5.69. The van der Waals surface area contributed by atoms with Gasteiger partial charge in [0, 0.05) is 45.4 Å². The molecule has 3 rings (SSSR count). The smallest absolute Gasteiger partial charge is 0.332 e. The van der Waals surface area contributed by atoms with Gasteiger partial charge in [0.05, 0.1) is 20.1 Å². The molecule has 1 amide bonds. The highest BCUT2D eigenvalue weighted by atomic mass is 16.5. The standard InChI is InChI=1S/C22H30N4O5/c1-5-26-19(12-20(27)24(2)22(26)29)25-8-6-7-16(14-25)21(28)23-13-15-9-17(30-3)11-18(10-15)31-4/h9-12,16H,5-8,13-14H2,1-4H3,(H,23,28)/t16-/m0/s1. The minimum Gasteiger partial charge on any atom is -0.497 e. The summed E-state index contributed by atoms with van der Waals surface area (Å²) in [6.45, 7) is 3.83. The SMILES string of the molecule is CCn1c(N2CCC[C@H](C(=O)NCc3cc(OC)cc(OC)c3)C2)cc(=O)n(C)c1=O. The molecule has 1 atom stereocenters. The number of nitrogens with zero attached hydrogens (tertiary/aromatic N) is 3. The highest BCUT2D eigenvalue weighted by Crippen LogP contribution is 2.24. The van der Waals surface area contributed by atoms with Crippen molar-refractivity contribution in [2.45, 2.75) is 32.9 Å². The first-order chi connectivity index (χ1) is 14.9. The summed E-state index contributed by atoms with van der Waals surface area (Å²) in [6, 6.07) is 6.97. The molecular weight excluding hydrogens is 400 g/mol. The van der Waals surface area contributed by atoms with Gasteiger partial charge >= 0.3 is 5.69 Å². The van der Waals surface area contributed by atoms with Crippen LogP contribution in [0.3, 0.4) is 0 Å². The Bertz CT molecular complexity index is 1040. The number of hydrogen-bond donors (Lipinski definition) is 1. The summed E-state index contributed by atoms with van der Waals surface area (Å²) in [5, 5.41) is 2.99. The van der Waals surface area contributed by atoms with Crippen molar-refractivity contribution in [3.05, 3.63) is 50.7 Å². The lowest BCUT2D eigenvalue weighted by molar-refractivity contribution is -0.125. The minimum absolute atomic E-state index is 0.0549. The molecular formula is C22H30N4O5. The fraction of sp³-hybridized carbons (Fsp3) is 0.500. The van der Waals surface area contributed by atoms with Crippen LogP contribution in [0.2, 0.25) is 0 Å². The molecule has 1 aromatic carbocycles. The van der Waals surface area contributed by atoms with E-state index in [9.17, 15) is 14.4 Å². The lowest BCUT2D eigenvalue weighted by Crippen LogP contribution is -2.47. The summed E-state index contributed by atoms with van der Waals surface area (Å²) in [7, 11) is 4.64. The van der Waals surface area contributed by atoms with Crippen molar-refractivity contribution in [1.29, 1.82) is 0 Å². The fourth-order valence-electron chi connectivity index (χ4n) is 3.92. The molecule has 1 aromatic heterocycles. The zero-order chi connectivity index (χ0) is 22.5. The number of methoxy groups -OCH3 is 2. The Balaban J connectivity index is 1.72. The summed E-state index contributed by atoms with van der Waals surface area (Å²) in [5.41, 5.74) is 0.190. The van der Waals surface area contributed by atoms with Crippen LogP contribution in [0.25, 0.3) is 0 Å². The van der Waals surface area contributed by atoms with Crippen LogP contribution in [-0.4, -0.2) is 42.4 Å². The maximum Gasteiger partial charge on any atom is 0.332 e. The van der Waals surface area contributed by atoms with E-state index in [4.69, 9.17) is 9.47 Å². The monoisotopic (exact) mass is 430 g/mol. The first kappa shape index (κ1) is 22.5. The molecule has 0 unspecified atom stereocenters. The number of piperidine rings is 1. The van der Waals surface area contributed by atoms with Gasteiger partial charge in [-0.15, -0.1) is 0 Å². The summed E-state index contributed by atoms with van der Waals surface area (Å²) < 4.78 is 13.2. The van der Waals surface area contributed by atoms with Crippen molar-refractivity contribution < 1.29 is 14.3 Å². The second kappa shape index (κ2) is 9.72. The Morgan fingerprint density at radius 2 is 1.81 bits per heavy atom. The predicted molar refractivity (Wildman–Crippen MR) is 118 cm³/mol. The van der Waals surface area contributed by atoms with Gasteiger partial charge in [0.15, 0.2) is 0 Å². The van der Waals surface area contributed by atoms with Crippen molar-refractivity contribution in [3.63, 3.8) is 0 Å². The first-order valence-electron chi connectivity index (χ1n) is 10.4. The van der Waals surface area contributed by atoms with Crippen molar-refractivity contribution in [2.24, 2.45) is 13.0 Å². The largest absolute Gasteiger partial charge is 0.497 e. The Hall–Kier alpha value is -3.23. The number of amides is 1. The molecule has 31 heavy (non-hydrogen) atoms. The van der Waals surface area contributed by atoms with E-state index in [1.807, 2.05) is 24.0 Å². The van der Waals surface area contributed by atoms with Crippen LogP contribution in [-0.2, 0) is 24.9 Å². The normalized spacial score (nSPS) is 16.1. The van der Waals surface area contributed by atoms with E-state index in [0.29, 0.717) is 43.5 Å². The van der Waals surface area contributed by atoms with Gasteiger partial charge in [0.2, 0.25) is 5.91 Å². The number of carbonyl (C=O) groups is 1. The zero-order valence-corrected chi connectivity index (χ0v) is 18.5. The zero-order valence-electron chi connectivity index (χ0n) is 18.5. The molecule has 168 valence electrons. The van der Waals surface area contributed by atoms with Gasteiger partial charge in [-0.1, -0.05) is 0 Å². The Kier molecular flexibility index (Phi) is 7.04. The molecule has 1 aliphatic heterocycles. The molecule has 9 nitrogen and oxygen atoms in total. The summed E-state index contributed by atoms with van der Waals surface area (Å²) >= 11 is 0. The Morgan fingerprint density at radius 3 is 2.42 bits per heavy atom. The van der Waals surface area contributed by atoms with Crippen LogP contribution < -0.4 is 30.9 Å². The topological polar surface area (TPSA) is 94.8 Å². The van der Waals surface area contributed by atoms with E-state index in [1.54, 1.807) is 24.9 Å². The fourth-order valence-corrected chi connectivity index (χ4v) is 3.92. The van der Waals surface area contributed by atoms with Crippen LogP contribution in [0.1, 0.15) is 25.3 Å². The van der Waals surface area contributed by atoms with Gasteiger partial charge in [-0.3, -0.25) is 18.7 Å². The third-order valence-electron chi connectivity index (χ3n) is 5.69. The van der Waals surface area contributed by atoms with E-state index in [2.05, 4.69) is 5.32 Å². The lowest BCUT2D eigenvalue weighted by Gasteiger charge is -2.34. The van der Waals surface area contributed by atoms with Crippen molar-refractivity contribution >= 4 is 11.7 Å². The molecule has 0 saturated carbocycles. The van der Waals surface area contributed by atoms with Gasteiger partial charge < -0.3 is 19.7 Å². The lowest BCUT2D eigenvalue weighted by atomic mass is 9.97. The van der Waals surface area contributed by atoms with Crippen molar-refractivity contribution in [2.75, 3.05) is 32.2 Å². The number of ether oxygens (including phenoxy) is 2. The molecule has 2 aromatic rings. The number of anilines is 1. The van der Waals surface area contributed by atoms with E-state index in [0.717, 1.165) is 23.0 Å². The van der Waals surface area contributed by atoms with Crippen LogP contribution in [0.15, 0.2) is 33.9 Å². The molecule has 1 fully saturated rings. The van der Waals surface area contributed by atoms with Gasteiger partial charge in [0.1, 0.15) is 17.3 Å². The van der Waals surface area contributed by atoms with Crippen LogP contribution in [0, 0.1) is 5.92 Å². The number of nitrogens with one attached hydrogen (secondary N) is 1. The maximum absolute atomic E-state index is 12.9. The molecule has 1 N–H and O–H groups in total. The van der Waals surface area contributed by atoms with Crippen molar-refractivity contribution in [1.82, 2.24) is 14.5 Å². The number of hydrogen-bond acceptors (Lipinski definition) is 6. The van der Waals surface area contributed by atoms with E-state index >= 15 is 0 Å². The summed E-state index contributed by atoms with van der Waals surface area (Å²) in [6.07, 6.45) is 1.56. The highest BCUT2D eigenvalue weighted by molar-refractivity contribution is 5.79. The average Bonchev–Trinajstić information content (AvgIpc) is 2.80. The van der Waals surface area contributed by atoms with Crippen molar-refractivity contribution in [3.8, 4) is 11.5 Å². The van der Waals surface area contributed by atoms with E-state index in [1.165, 1.54) is 13.1 Å². The number of carbonyl (C=O) groups excluding carboxylic acids is 1. The molecule has 9 heteroatoms. The third kappa shape index (κ3) is 4.92. The highest BCUT2D eigenvalue weighted by Gasteiger charge is 2.27. The second-order valence-electron chi connectivity index (χ2n) is 7.65. The van der Waals surface area contributed by atoms with Gasteiger partial charge in [-0.05, 0) is 37.5 Å².